The largest absolute Gasteiger partial charge is 0.393 e. The lowest BCUT2D eigenvalue weighted by molar-refractivity contribution is 0.0762. The predicted octanol–water partition coefficient (Wildman–Crippen LogP) is 1.16. The molecule has 1 aromatic heterocycles. The van der Waals surface area contributed by atoms with Crippen LogP contribution in [0.3, 0.4) is 0 Å². The molecule has 1 aromatic rings. The van der Waals surface area contributed by atoms with E-state index in [1.807, 2.05) is 0 Å². The molecule has 0 aliphatic heterocycles. The van der Waals surface area contributed by atoms with Gasteiger partial charge >= 0.3 is 0 Å². The third-order valence-corrected chi connectivity index (χ3v) is 3.16. The Labute approximate surface area is 99.3 Å². The van der Waals surface area contributed by atoms with Gasteiger partial charge in [0, 0.05) is 12.5 Å². The molecule has 5 nitrogen and oxygen atoms in total. The monoisotopic (exact) mass is 240 g/mol. The highest BCUT2D eigenvalue weighted by atomic mass is 19.1. The van der Waals surface area contributed by atoms with Crippen molar-refractivity contribution in [1.29, 1.82) is 0 Å². The smallest absolute Gasteiger partial charge is 0.222 e. The number of nitrogens with two attached hydrogens (primary N) is 1. The Morgan fingerprint density at radius 3 is 3.00 bits per heavy atom. The number of halogens is 1. The van der Waals surface area contributed by atoms with Crippen LogP contribution >= 0.6 is 0 Å². The average Bonchev–Trinajstić information content (AvgIpc) is 2.32. The minimum absolute atomic E-state index is 0.0399. The molecule has 0 saturated heterocycles. The maximum atomic E-state index is 13.3. The molecule has 6 heteroatoms. The first-order valence-corrected chi connectivity index (χ1v) is 5.87. The van der Waals surface area contributed by atoms with Gasteiger partial charge in [0.25, 0.3) is 0 Å². The van der Waals surface area contributed by atoms with Crippen molar-refractivity contribution in [2.75, 3.05) is 17.6 Å². The summed E-state index contributed by atoms with van der Waals surface area (Å²) in [5.41, 5.74) is 5.39. The van der Waals surface area contributed by atoms with Crippen LogP contribution in [-0.2, 0) is 0 Å². The fourth-order valence-corrected chi connectivity index (χ4v) is 2.16. The second kappa shape index (κ2) is 5.27. The number of rotatable bonds is 3. The Balaban J connectivity index is 1.94. The van der Waals surface area contributed by atoms with Crippen LogP contribution in [0.5, 0.6) is 0 Å². The lowest BCUT2D eigenvalue weighted by atomic mass is 9.86. The fraction of sp³-hybridized carbons (Fsp3) is 0.636. The van der Waals surface area contributed by atoms with Crippen LogP contribution in [0.2, 0.25) is 0 Å². The van der Waals surface area contributed by atoms with Crippen LogP contribution < -0.4 is 11.1 Å². The highest BCUT2D eigenvalue weighted by Gasteiger charge is 2.23. The summed E-state index contributed by atoms with van der Waals surface area (Å²) in [5.74, 6) is -0.225. The zero-order valence-corrected chi connectivity index (χ0v) is 9.56. The van der Waals surface area contributed by atoms with E-state index >= 15 is 0 Å². The van der Waals surface area contributed by atoms with Crippen molar-refractivity contribution in [1.82, 2.24) is 9.97 Å². The van der Waals surface area contributed by atoms with Crippen molar-refractivity contribution >= 4 is 11.8 Å². The van der Waals surface area contributed by atoms with Gasteiger partial charge in [-0.2, -0.15) is 4.98 Å². The van der Waals surface area contributed by atoms with Crippen LogP contribution in [-0.4, -0.2) is 27.7 Å². The van der Waals surface area contributed by atoms with E-state index in [4.69, 9.17) is 5.73 Å². The summed E-state index contributed by atoms with van der Waals surface area (Å²) in [7, 11) is 0. The van der Waals surface area contributed by atoms with Gasteiger partial charge in [-0.05, 0) is 12.8 Å². The van der Waals surface area contributed by atoms with Gasteiger partial charge in [0.2, 0.25) is 5.95 Å². The van der Waals surface area contributed by atoms with Gasteiger partial charge in [0.1, 0.15) is 0 Å². The number of nitrogens with one attached hydrogen (secondary N) is 1. The fourth-order valence-electron chi connectivity index (χ4n) is 2.16. The van der Waals surface area contributed by atoms with E-state index in [1.54, 1.807) is 0 Å². The number of aliphatic hydroxyl groups excluding tert-OH is 1. The zero-order valence-electron chi connectivity index (χ0n) is 9.56. The molecule has 94 valence electrons. The molecular weight excluding hydrogens is 223 g/mol. The third-order valence-electron chi connectivity index (χ3n) is 3.16. The quantitative estimate of drug-likeness (QED) is 0.738. The minimum atomic E-state index is -0.524. The topological polar surface area (TPSA) is 84.1 Å². The van der Waals surface area contributed by atoms with Crippen molar-refractivity contribution in [2.45, 2.75) is 31.8 Å². The number of hydrogen-bond acceptors (Lipinski definition) is 5. The number of aromatic nitrogens is 2. The molecule has 0 amide bonds. The summed E-state index contributed by atoms with van der Waals surface area (Å²) >= 11 is 0. The van der Waals surface area contributed by atoms with E-state index in [9.17, 15) is 9.50 Å². The summed E-state index contributed by atoms with van der Waals surface area (Å²) in [6.07, 6.45) is 4.68. The molecule has 2 unspecified atom stereocenters. The van der Waals surface area contributed by atoms with E-state index < -0.39 is 5.82 Å². The molecule has 2 rings (SSSR count). The molecule has 17 heavy (non-hydrogen) atoms. The van der Waals surface area contributed by atoms with Crippen LogP contribution in [0.15, 0.2) is 6.20 Å². The summed E-state index contributed by atoms with van der Waals surface area (Å²) in [4.78, 5) is 7.33. The summed E-state index contributed by atoms with van der Waals surface area (Å²) in [6, 6.07) is 0. The van der Waals surface area contributed by atoms with Crippen molar-refractivity contribution in [3.8, 4) is 0 Å². The molecule has 4 N–H and O–H groups in total. The SMILES string of the molecule is Nc1ncc(F)c(NCC2CCCCC2O)n1. The number of aliphatic hydroxyl groups is 1. The van der Waals surface area contributed by atoms with Crippen LogP contribution in [0.25, 0.3) is 0 Å². The first-order valence-electron chi connectivity index (χ1n) is 5.87. The summed E-state index contributed by atoms with van der Waals surface area (Å²) < 4.78 is 13.3. The molecule has 0 aromatic carbocycles. The van der Waals surface area contributed by atoms with Crippen LogP contribution in [0, 0.1) is 11.7 Å². The highest BCUT2D eigenvalue weighted by Crippen LogP contribution is 2.24. The average molecular weight is 240 g/mol. The maximum absolute atomic E-state index is 13.3. The Hall–Kier alpha value is -1.43. The van der Waals surface area contributed by atoms with Gasteiger partial charge in [-0.3, -0.25) is 0 Å². The van der Waals surface area contributed by atoms with Crippen LogP contribution in [0.4, 0.5) is 16.2 Å². The molecule has 1 aliphatic rings. The third kappa shape index (κ3) is 3.03. The second-order valence-electron chi connectivity index (χ2n) is 4.42. The zero-order chi connectivity index (χ0) is 12.3. The van der Waals surface area contributed by atoms with Crippen LogP contribution in [0.1, 0.15) is 25.7 Å². The molecule has 1 fully saturated rings. The normalized spacial score (nSPS) is 24.6. The maximum Gasteiger partial charge on any atom is 0.222 e. The number of nitrogen functional groups attached to an aromatic ring is 1. The second-order valence-corrected chi connectivity index (χ2v) is 4.42. The molecule has 0 bridgehead atoms. The molecule has 1 saturated carbocycles. The van der Waals surface area contributed by atoms with Crippen molar-refractivity contribution in [2.24, 2.45) is 5.92 Å². The standard InChI is InChI=1S/C11H17FN4O/c12-8-6-15-11(13)16-10(8)14-5-7-3-1-2-4-9(7)17/h6-7,9,17H,1-5H2,(H3,13,14,15,16). The van der Waals surface area contributed by atoms with Gasteiger partial charge < -0.3 is 16.2 Å². The number of hydrogen-bond donors (Lipinski definition) is 3. The lowest BCUT2D eigenvalue weighted by Crippen LogP contribution is -2.30. The molecular formula is C11H17FN4O. The number of anilines is 2. The Morgan fingerprint density at radius 2 is 2.24 bits per heavy atom. The Bertz CT molecular complexity index is 388. The van der Waals surface area contributed by atoms with E-state index in [0.717, 1.165) is 31.9 Å². The molecule has 2 atom stereocenters. The highest BCUT2D eigenvalue weighted by molar-refractivity contribution is 5.39. The van der Waals surface area contributed by atoms with Crippen molar-refractivity contribution in [3.63, 3.8) is 0 Å². The molecule has 1 aliphatic carbocycles. The lowest BCUT2D eigenvalue weighted by Gasteiger charge is -2.27. The van der Waals surface area contributed by atoms with E-state index in [0.29, 0.717) is 6.54 Å². The summed E-state index contributed by atoms with van der Waals surface area (Å²) in [5, 5.41) is 12.7. The van der Waals surface area contributed by atoms with Gasteiger partial charge in [-0.15, -0.1) is 0 Å². The first kappa shape index (κ1) is 12.0. The molecule has 1 heterocycles. The van der Waals surface area contributed by atoms with E-state index in [-0.39, 0.29) is 23.8 Å². The van der Waals surface area contributed by atoms with Gasteiger partial charge in [-0.1, -0.05) is 12.8 Å². The number of nitrogens with zero attached hydrogens (tertiary/aromatic N) is 2. The Morgan fingerprint density at radius 1 is 1.47 bits per heavy atom. The van der Waals surface area contributed by atoms with Crippen molar-refractivity contribution < 1.29 is 9.50 Å². The first-order chi connectivity index (χ1) is 8.16. The minimum Gasteiger partial charge on any atom is -0.393 e. The molecule has 0 spiro atoms. The van der Waals surface area contributed by atoms with Gasteiger partial charge in [-0.25, -0.2) is 9.37 Å². The van der Waals surface area contributed by atoms with E-state index in [2.05, 4.69) is 15.3 Å². The molecule has 0 radical (unpaired) electrons. The summed E-state index contributed by atoms with van der Waals surface area (Å²) in [6.45, 7) is 0.508. The van der Waals surface area contributed by atoms with Crippen molar-refractivity contribution in [3.05, 3.63) is 12.0 Å². The predicted molar refractivity (Wildman–Crippen MR) is 62.9 cm³/mol. The van der Waals surface area contributed by atoms with Gasteiger partial charge in [0.15, 0.2) is 11.6 Å². The Kier molecular flexibility index (Phi) is 3.73. The van der Waals surface area contributed by atoms with E-state index in [1.165, 1.54) is 0 Å². The van der Waals surface area contributed by atoms with Gasteiger partial charge in [0.05, 0.1) is 12.3 Å².